The average Bonchev–Trinajstić information content (AvgIpc) is 2.23. The van der Waals surface area contributed by atoms with E-state index in [9.17, 15) is 0 Å². The summed E-state index contributed by atoms with van der Waals surface area (Å²) in [6.07, 6.45) is 6.76. The first-order valence-electron chi connectivity index (χ1n) is 3.56. The standard InChI is InChI=1S/C8H12/c1-6-4-7-2-3-8(6)5-7/h5-6,8H,2-4H2,1H3/t6-,8?/m0/s1. The first-order valence-corrected chi connectivity index (χ1v) is 3.56. The lowest BCUT2D eigenvalue weighted by Gasteiger charge is -2.16. The second-order valence-corrected chi connectivity index (χ2v) is 3.21. The molecule has 0 saturated heterocycles. The Morgan fingerprint density at radius 2 is 2.50 bits per heavy atom. The largest absolute Gasteiger partial charge is 0.0819 e. The lowest BCUT2D eigenvalue weighted by molar-refractivity contribution is 0.406. The van der Waals surface area contributed by atoms with Crippen molar-refractivity contribution in [1.82, 2.24) is 0 Å². The Kier molecular flexibility index (Phi) is 0.787. The van der Waals surface area contributed by atoms with Crippen molar-refractivity contribution >= 4 is 0 Å². The Bertz CT molecular complexity index is 133. The number of rotatable bonds is 0. The summed E-state index contributed by atoms with van der Waals surface area (Å²) in [5.41, 5.74) is 1.74. The number of hydrogen-bond acceptors (Lipinski definition) is 0. The maximum atomic E-state index is 2.49. The maximum absolute atomic E-state index is 2.49. The van der Waals surface area contributed by atoms with Crippen molar-refractivity contribution in [3.8, 4) is 0 Å². The monoisotopic (exact) mass is 108 g/mol. The number of allylic oxidation sites excluding steroid dienone is 2. The zero-order valence-corrected chi connectivity index (χ0v) is 5.35. The Hall–Kier alpha value is -0.260. The van der Waals surface area contributed by atoms with Crippen molar-refractivity contribution in [2.75, 3.05) is 0 Å². The van der Waals surface area contributed by atoms with Crippen molar-refractivity contribution in [2.45, 2.75) is 26.2 Å². The molecule has 1 unspecified atom stereocenters. The molecule has 0 amide bonds. The second-order valence-electron chi connectivity index (χ2n) is 3.21. The van der Waals surface area contributed by atoms with Crippen LogP contribution in [0.25, 0.3) is 0 Å². The van der Waals surface area contributed by atoms with E-state index in [1.165, 1.54) is 19.3 Å². The molecule has 0 heteroatoms. The maximum Gasteiger partial charge on any atom is -0.0199 e. The van der Waals surface area contributed by atoms with E-state index in [2.05, 4.69) is 13.0 Å². The lowest BCUT2D eigenvalue weighted by atomic mass is 9.89. The molecule has 0 aromatic carbocycles. The Morgan fingerprint density at radius 3 is 2.75 bits per heavy atom. The van der Waals surface area contributed by atoms with E-state index in [-0.39, 0.29) is 0 Å². The van der Waals surface area contributed by atoms with E-state index in [4.69, 9.17) is 0 Å². The molecule has 2 aliphatic carbocycles. The zero-order chi connectivity index (χ0) is 5.56. The summed E-state index contributed by atoms with van der Waals surface area (Å²) in [6.45, 7) is 2.37. The summed E-state index contributed by atoms with van der Waals surface area (Å²) in [6, 6.07) is 0. The van der Waals surface area contributed by atoms with E-state index >= 15 is 0 Å². The molecular weight excluding hydrogens is 96.1 g/mol. The van der Waals surface area contributed by atoms with E-state index < -0.39 is 0 Å². The van der Waals surface area contributed by atoms with Crippen LogP contribution < -0.4 is 0 Å². The number of fused-ring (bicyclic) bond motifs is 1. The molecular formula is C8H12. The van der Waals surface area contributed by atoms with Crippen molar-refractivity contribution in [1.29, 1.82) is 0 Å². The molecule has 0 aliphatic heterocycles. The second kappa shape index (κ2) is 1.37. The van der Waals surface area contributed by atoms with Gasteiger partial charge in [0.1, 0.15) is 0 Å². The quantitative estimate of drug-likeness (QED) is 0.418. The molecule has 0 fully saturated rings. The van der Waals surface area contributed by atoms with Crippen LogP contribution in [0.2, 0.25) is 0 Å². The molecule has 0 saturated carbocycles. The van der Waals surface area contributed by atoms with Gasteiger partial charge in [0.2, 0.25) is 0 Å². The van der Waals surface area contributed by atoms with Crippen molar-refractivity contribution in [3.05, 3.63) is 11.6 Å². The van der Waals surface area contributed by atoms with Gasteiger partial charge in [-0.25, -0.2) is 0 Å². The molecule has 2 bridgehead atoms. The van der Waals surface area contributed by atoms with E-state index in [1.807, 2.05) is 0 Å². The van der Waals surface area contributed by atoms with Crippen LogP contribution in [0.5, 0.6) is 0 Å². The SMILES string of the molecule is C[C@H]1CC2=CC1CC2. The fourth-order valence-electron chi connectivity index (χ4n) is 2.01. The minimum absolute atomic E-state index is 0.977. The smallest absolute Gasteiger partial charge is 0.0199 e. The molecule has 44 valence electrons. The predicted octanol–water partition coefficient (Wildman–Crippen LogP) is 2.36. The molecule has 0 heterocycles. The average molecular weight is 108 g/mol. The van der Waals surface area contributed by atoms with Crippen LogP contribution in [0.3, 0.4) is 0 Å². The zero-order valence-electron chi connectivity index (χ0n) is 5.35. The third-order valence-electron chi connectivity index (χ3n) is 2.56. The van der Waals surface area contributed by atoms with Gasteiger partial charge < -0.3 is 0 Å². The highest BCUT2D eigenvalue weighted by Crippen LogP contribution is 2.42. The fraction of sp³-hybridized carbons (Fsp3) is 0.750. The van der Waals surface area contributed by atoms with E-state index in [1.54, 1.807) is 5.57 Å². The van der Waals surface area contributed by atoms with Gasteiger partial charge in [0.05, 0.1) is 0 Å². The topological polar surface area (TPSA) is 0 Å². The van der Waals surface area contributed by atoms with Crippen LogP contribution in [0.4, 0.5) is 0 Å². The van der Waals surface area contributed by atoms with Gasteiger partial charge in [-0.2, -0.15) is 0 Å². The summed E-state index contributed by atoms with van der Waals surface area (Å²) in [5, 5.41) is 0. The normalized spacial score (nSPS) is 42.9. The minimum atomic E-state index is 0.977. The van der Waals surface area contributed by atoms with Gasteiger partial charge in [-0.1, -0.05) is 18.6 Å². The van der Waals surface area contributed by atoms with Crippen LogP contribution in [0, 0.1) is 11.8 Å². The molecule has 0 radical (unpaired) electrons. The van der Waals surface area contributed by atoms with Gasteiger partial charge in [-0.15, -0.1) is 0 Å². The van der Waals surface area contributed by atoms with E-state index in [0.29, 0.717) is 0 Å². The Balaban J connectivity index is 2.21. The molecule has 8 heavy (non-hydrogen) atoms. The molecule has 0 nitrogen and oxygen atoms in total. The van der Waals surface area contributed by atoms with Gasteiger partial charge in [-0.05, 0) is 31.1 Å². The van der Waals surface area contributed by atoms with E-state index in [0.717, 1.165) is 11.8 Å². The third-order valence-corrected chi connectivity index (χ3v) is 2.56. The third kappa shape index (κ3) is 0.460. The lowest BCUT2D eigenvalue weighted by Crippen LogP contribution is -2.05. The Morgan fingerprint density at radius 1 is 1.62 bits per heavy atom. The molecule has 2 aliphatic rings. The summed E-state index contributed by atoms with van der Waals surface area (Å²) >= 11 is 0. The summed E-state index contributed by atoms with van der Waals surface area (Å²) in [4.78, 5) is 0. The van der Waals surface area contributed by atoms with Crippen LogP contribution >= 0.6 is 0 Å². The van der Waals surface area contributed by atoms with Gasteiger partial charge in [0, 0.05) is 0 Å². The van der Waals surface area contributed by atoms with Gasteiger partial charge in [-0.3, -0.25) is 0 Å². The van der Waals surface area contributed by atoms with Crippen LogP contribution in [0.1, 0.15) is 26.2 Å². The van der Waals surface area contributed by atoms with Gasteiger partial charge in [0.25, 0.3) is 0 Å². The van der Waals surface area contributed by atoms with Gasteiger partial charge >= 0.3 is 0 Å². The highest BCUT2D eigenvalue weighted by molar-refractivity contribution is 5.18. The summed E-state index contributed by atoms with van der Waals surface area (Å²) in [7, 11) is 0. The summed E-state index contributed by atoms with van der Waals surface area (Å²) < 4.78 is 0. The molecule has 2 atom stereocenters. The van der Waals surface area contributed by atoms with Crippen LogP contribution in [-0.2, 0) is 0 Å². The molecule has 0 N–H and O–H groups in total. The van der Waals surface area contributed by atoms with Crippen molar-refractivity contribution in [3.63, 3.8) is 0 Å². The van der Waals surface area contributed by atoms with Crippen LogP contribution in [0.15, 0.2) is 11.6 Å². The highest BCUT2D eigenvalue weighted by Gasteiger charge is 2.28. The first-order chi connectivity index (χ1) is 3.86. The van der Waals surface area contributed by atoms with Crippen molar-refractivity contribution in [2.24, 2.45) is 11.8 Å². The predicted molar refractivity (Wildman–Crippen MR) is 34.6 cm³/mol. The highest BCUT2D eigenvalue weighted by atomic mass is 14.3. The first kappa shape index (κ1) is 4.60. The van der Waals surface area contributed by atoms with Crippen LogP contribution in [-0.4, -0.2) is 0 Å². The van der Waals surface area contributed by atoms with Gasteiger partial charge in [0.15, 0.2) is 0 Å². The molecule has 0 aromatic heterocycles. The molecule has 2 rings (SSSR count). The Labute approximate surface area is 50.6 Å². The molecule has 0 aromatic rings. The summed E-state index contributed by atoms with van der Waals surface area (Å²) in [5.74, 6) is 1.96. The number of hydrogen-bond donors (Lipinski definition) is 0. The minimum Gasteiger partial charge on any atom is -0.0819 e. The van der Waals surface area contributed by atoms with Crippen molar-refractivity contribution < 1.29 is 0 Å². The molecule has 0 spiro atoms. The fourth-order valence-corrected chi connectivity index (χ4v) is 2.01.